The van der Waals surface area contributed by atoms with Crippen LogP contribution < -0.4 is 11.1 Å². The van der Waals surface area contributed by atoms with Crippen molar-refractivity contribution in [3.05, 3.63) is 77.7 Å². The third-order valence-electron chi connectivity index (χ3n) is 4.33. The lowest BCUT2D eigenvalue weighted by Gasteiger charge is -2.08. The Bertz CT molecular complexity index is 1140. The van der Waals surface area contributed by atoms with Crippen LogP contribution in [0.3, 0.4) is 0 Å². The Balaban J connectivity index is 1.60. The normalized spacial score (nSPS) is 10.9. The molecule has 0 bridgehead atoms. The van der Waals surface area contributed by atoms with Gasteiger partial charge < -0.3 is 16.0 Å². The predicted octanol–water partition coefficient (Wildman–Crippen LogP) is 4.39. The van der Waals surface area contributed by atoms with Crippen molar-refractivity contribution in [2.45, 2.75) is 17.6 Å². The first-order chi connectivity index (χ1) is 13.6. The van der Waals surface area contributed by atoms with Crippen LogP contribution in [0.1, 0.15) is 21.6 Å². The molecule has 0 radical (unpaired) electrons. The second kappa shape index (κ2) is 7.74. The molecule has 0 aliphatic rings. The number of aryl methyl sites for hydroxylation is 1. The van der Waals surface area contributed by atoms with E-state index in [9.17, 15) is 4.79 Å². The average Bonchev–Trinajstić information content (AvgIpc) is 3.13. The molecule has 2 aromatic carbocycles. The minimum atomic E-state index is -0.144. The average molecular weight is 389 g/mol. The van der Waals surface area contributed by atoms with E-state index in [0.29, 0.717) is 11.3 Å². The van der Waals surface area contributed by atoms with E-state index in [4.69, 9.17) is 5.73 Å². The number of nitrogens with one attached hydrogen (secondary N) is 2. The van der Waals surface area contributed by atoms with Gasteiger partial charge in [0, 0.05) is 39.6 Å². The van der Waals surface area contributed by atoms with E-state index in [2.05, 4.69) is 20.3 Å². The first-order valence-electron chi connectivity index (χ1n) is 8.78. The van der Waals surface area contributed by atoms with Gasteiger partial charge in [0.05, 0.1) is 11.3 Å². The molecule has 0 spiro atoms. The van der Waals surface area contributed by atoms with E-state index in [1.54, 1.807) is 24.2 Å². The SMILES string of the molecule is Cc1ccc(NC(=O)c2c[nH]c3cccc(SCc4ccnc(N)n4)c23)cc1. The maximum Gasteiger partial charge on any atom is 0.257 e. The predicted molar refractivity (Wildman–Crippen MR) is 113 cm³/mol. The molecule has 4 N–H and O–H groups in total. The monoisotopic (exact) mass is 389 g/mol. The molecule has 4 rings (SSSR count). The van der Waals surface area contributed by atoms with Crippen LogP contribution >= 0.6 is 11.8 Å². The highest BCUT2D eigenvalue weighted by Crippen LogP contribution is 2.32. The number of nitrogens with zero attached hydrogens (tertiary/aromatic N) is 2. The molecule has 0 saturated heterocycles. The lowest BCUT2D eigenvalue weighted by molar-refractivity contribution is 0.102. The largest absolute Gasteiger partial charge is 0.368 e. The Kier molecular flexibility index (Phi) is 4.99. The molecule has 2 heterocycles. The summed E-state index contributed by atoms with van der Waals surface area (Å²) >= 11 is 1.61. The van der Waals surface area contributed by atoms with Crippen LogP contribution in [-0.4, -0.2) is 20.9 Å². The number of rotatable bonds is 5. The third kappa shape index (κ3) is 3.84. The number of hydrogen-bond acceptors (Lipinski definition) is 5. The number of anilines is 2. The number of amides is 1. The molecule has 6 nitrogen and oxygen atoms in total. The van der Waals surface area contributed by atoms with Crippen LogP contribution in [0.15, 0.2) is 65.8 Å². The summed E-state index contributed by atoms with van der Waals surface area (Å²) in [5.41, 5.74) is 9.95. The number of carbonyl (C=O) groups is 1. The topological polar surface area (TPSA) is 96.7 Å². The molecule has 0 atom stereocenters. The summed E-state index contributed by atoms with van der Waals surface area (Å²) in [6, 6.07) is 15.5. The summed E-state index contributed by atoms with van der Waals surface area (Å²) in [6.45, 7) is 2.01. The molecule has 4 aromatic rings. The number of fused-ring (bicyclic) bond motifs is 1. The summed E-state index contributed by atoms with van der Waals surface area (Å²) in [5.74, 6) is 0.751. The van der Waals surface area contributed by atoms with E-state index in [1.165, 1.54) is 0 Å². The van der Waals surface area contributed by atoms with Gasteiger partial charge in [-0.25, -0.2) is 9.97 Å². The summed E-state index contributed by atoms with van der Waals surface area (Å²) in [7, 11) is 0. The Morgan fingerprint density at radius 3 is 2.79 bits per heavy atom. The second-order valence-corrected chi connectivity index (χ2v) is 7.41. The molecule has 140 valence electrons. The number of nitrogens with two attached hydrogens (primary N) is 1. The molecule has 0 aliphatic carbocycles. The Morgan fingerprint density at radius 2 is 2.00 bits per heavy atom. The zero-order chi connectivity index (χ0) is 19.5. The van der Waals surface area contributed by atoms with Crippen molar-refractivity contribution in [1.82, 2.24) is 15.0 Å². The standard InChI is InChI=1S/C21H19N5OS/c1-13-5-7-14(8-6-13)25-20(27)16-11-24-17-3-2-4-18(19(16)17)28-12-15-9-10-23-21(22)26-15/h2-11,24H,12H2,1H3,(H,25,27)(H2,22,23,26). The molecule has 0 fully saturated rings. The van der Waals surface area contributed by atoms with E-state index in [1.807, 2.05) is 55.5 Å². The Hall–Kier alpha value is -3.32. The van der Waals surface area contributed by atoms with Gasteiger partial charge in [0.2, 0.25) is 5.95 Å². The van der Waals surface area contributed by atoms with Crippen molar-refractivity contribution in [2.24, 2.45) is 0 Å². The quantitative estimate of drug-likeness (QED) is 0.440. The Morgan fingerprint density at radius 1 is 1.18 bits per heavy atom. The van der Waals surface area contributed by atoms with Crippen molar-refractivity contribution >= 4 is 40.2 Å². The molecule has 7 heteroatoms. The first-order valence-corrected chi connectivity index (χ1v) is 9.77. The van der Waals surface area contributed by atoms with E-state index < -0.39 is 0 Å². The lowest BCUT2D eigenvalue weighted by atomic mass is 10.1. The molecule has 28 heavy (non-hydrogen) atoms. The highest BCUT2D eigenvalue weighted by atomic mass is 32.2. The number of benzene rings is 2. The summed E-state index contributed by atoms with van der Waals surface area (Å²) in [6.07, 6.45) is 3.40. The van der Waals surface area contributed by atoms with Crippen LogP contribution in [-0.2, 0) is 5.75 Å². The first kappa shape index (κ1) is 18.1. The van der Waals surface area contributed by atoms with Crippen LogP contribution in [0.2, 0.25) is 0 Å². The highest BCUT2D eigenvalue weighted by molar-refractivity contribution is 7.98. The maximum atomic E-state index is 12.9. The summed E-state index contributed by atoms with van der Waals surface area (Å²) in [5, 5.41) is 3.87. The van der Waals surface area contributed by atoms with Gasteiger partial charge in [0.15, 0.2) is 0 Å². The van der Waals surface area contributed by atoms with Gasteiger partial charge in [0.1, 0.15) is 0 Å². The molecule has 1 amide bonds. The molecule has 2 aromatic heterocycles. The number of H-pyrrole nitrogens is 1. The lowest BCUT2D eigenvalue weighted by Crippen LogP contribution is -2.11. The van der Waals surface area contributed by atoms with E-state index in [0.717, 1.165) is 32.7 Å². The second-order valence-electron chi connectivity index (χ2n) is 6.40. The van der Waals surface area contributed by atoms with Gasteiger partial charge in [-0.2, -0.15) is 0 Å². The fourth-order valence-corrected chi connectivity index (χ4v) is 3.93. The fourth-order valence-electron chi connectivity index (χ4n) is 2.93. The van der Waals surface area contributed by atoms with E-state index >= 15 is 0 Å². The van der Waals surface area contributed by atoms with Gasteiger partial charge >= 0.3 is 0 Å². The number of hydrogen-bond donors (Lipinski definition) is 3. The summed E-state index contributed by atoms with van der Waals surface area (Å²) in [4.78, 5) is 25.2. The van der Waals surface area contributed by atoms with Crippen molar-refractivity contribution in [1.29, 1.82) is 0 Å². The van der Waals surface area contributed by atoms with Gasteiger partial charge in [-0.1, -0.05) is 23.8 Å². The van der Waals surface area contributed by atoms with Gasteiger partial charge in [-0.05, 0) is 37.3 Å². The van der Waals surface area contributed by atoms with Crippen LogP contribution in [0.5, 0.6) is 0 Å². The minimum Gasteiger partial charge on any atom is -0.368 e. The van der Waals surface area contributed by atoms with E-state index in [-0.39, 0.29) is 11.9 Å². The van der Waals surface area contributed by atoms with Crippen LogP contribution in [0.4, 0.5) is 11.6 Å². The molecule has 0 aliphatic heterocycles. The Labute approximate surface area is 166 Å². The number of aromatic nitrogens is 3. The third-order valence-corrected chi connectivity index (χ3v) is 5.42. The van der Waals surface area contributed by atoms with Crippen molar-refractivity contribution in [3.8, 4) is 0 Å². The van der Waals surface area contributed by atoms with Gasteiger partial charge in [-0.15, -0.1) is 11.8 Å². The zero-order valence-corrected chi connectivity index (χ0v) is 16.1. The van der Waals surface area contributed by atoms with Gasteiger partial charge in [-0.3, -0.25) is 4.79 Å². The van der Waals surface area contributed by atoms with Gasteiger partial charge in [0.25, 0.3) is 5.91 Å². The highest BCUT2D eigenvalue weighted by Gasteiger charge is 2.16. The minimum absolute atomic E-state index is 0.144. The number of aromatic amines is 1. The fraction of sp³-hybridized carbons (Fsp3) is 0.0952. The van der Waals surface area contributed by atoms with Crippen LogP contribution in [0, 0.1) is 6.92 Å². The number of nitrogen functional groups attached to an aromatic ring is 1. The molecular formula is C21H19N5OS. The molecule has 0 saturated carbocycles. The van der Waals surface area contributed by atoms with Crippen molar-refractivity contribution in [2.75, 3.05) is 11.1 Å². The van der Waals surface area contributed by atoms with Crippen molar-refractivity contribution < 1.29 is 4.79 Å². The molecule has 0 unspecified atom stereocenters. The summed E-state index contributed by atoms with van der Waals surface area (Å²) < 4.78 is 0. The van der Waals surface area contributed by atoms with Crippen LogP contribution in [0.25, 0.3) is 10.9 Å². The molecular weight excluding hydrogens is 370 g/mol. The number of carbonyl (C=O) groups excluding carboxylic acids is 1. The smallest absolute Gasteiger partial charge is 0.257 e. The zero-order valence-electron chi connectivity index (χ0n) is 15.3. The number of thioether (sulfide) groups is 1. The van der Waals surface area contributed by atoms with Crippen molar-refractivity contribution in [3.63, 3.8) is 0 Å². The maximum absolute atomic E-state index is 12.9.